The highest BCUT2D eigenvalue weighted by molar-refractivity contribution is 7.71. The van der Waals surface area contributed by atoms with Crippen molar-refractivity contribution in [1.82, 2.24) is 20.3 Å². The van der Waals surface area contributed by atoms with E-state index in [1.807, 2.05) is 48.5 Å². The number of aliphatic hydroxyl groups is 1. The Balaban J connectivity index is 1.26. The maximum Gasteiger partial charge on any atom is 0.219 e. The number of hydrogen-bond acceptors (Lipinski definition) is 7. The van der Waals surface area contributed by atoms with Crippen molar-refractivity contribution in [2.45, 2.75) is 31.9 Å². The zero-order chi connectivity index (χ0) is 24.8. The molecule has 0 amide bonds. The zero-order valence-electron chi connectivity index (χ0n) is 19.5. The Kier molecular flexibility index (Phi) is 7.46. The molecule has 0 unspecified atom stereocenters. The Morgan fingerprint density at radius 3 is 2.66 bits per heavy atom. The van der Waals surface area contributed by atoms with Crippen molar-refractivity contribution in [2.24, 2.45) is 0 Å². The fourth-order valence-corrected chi connectivity index (χ4v) is 3.88. The number of rotatable bonds is 10. The SMILES string of the molecule is CC(C)(Cc1ccc(Oc2ccc(C#N)cn2)cc1)NC[C@@H](O)COc1cccc2[nH]c(=S)[nH]c12. The van der Waals surface area contributed by atoms with Gasteiger partial charge < -0.3 is 29.9 Å². The lowest BCUT2D eigenvalue weighted by Crippen LogP contribution is -2.46. The highest BCUT2D eigenvalue weighted by atomic mass is 32.1. The van der Waals surface area contributed by atoms with E-state index in [0.717, 1.165) is 23.0 Å². The summed E-state index contributed by atoms with van der Waals surface area (Å²) in [7, 11) is 0. The number of nitrogens with one attached hydrogen (secondary N) is 3. The van der Waals surface area contributed by atoms with Gasteiger partial charge in [-0.2, -0.15) is 5.26 Å². The number of aromatic nitrogens is 3. The Labute approximate surface area is 208 Å². The standard InChI is InChI=1S/C26H27N5O3S/c1-26(2,12-17-6-9-20(10-7-17)34-23-11-8-18(13-27)14-28-23)29-15-19(32)16-33-22-5-3-4-21-24(22)31-25(35)30-21/h3-11,14,19,29,32H,12,15-16H2,1-2H3,(H2,30,31,35)/t19-/m1/s1. The van der Waals surface area contributed by atoms with Gasteiger partial charge in [0.05, 0.1) is 11.1 Å². The largest absolute Gasteiger partial charge is 0.489 e. The van der Waals surface area contributed by atoms with Gasteiger partial charge in [0.1, 0.15) is 35.8 Å². The molecule has 0 spiro atoms. The topological polar surface area (TPSA) is 119 Å². The lowest BCUT2D eigenvalue weighted by molar-refractivity contribution is 0.0995. The maximum atomic E-state index is 10.5. The average molecular weight is 490 g/mol. The van der Waals surface area contributed by atoms with Gasteiger partial charge in [-0.15, -0.1) is 0 Å². The molecule has 0 saturated carbocycles. The highest BCUT2D eigenvalue weighted by Crippen LogP contribution is 2.23. The second kappa shape index (κ2) is 10.7. The van der Waals surface area contributed by atoms with Crippen LogP contribution in [0.2, 0.25) is 0 Å². The van der Waals surface area contributed by atoms with Crippen LogP contribution in [-0.4, -0.2) is 44.9 Å². The number of nitriles is 1. The van der Waals surface area contributed by atoms with E-state index in [1.54, 1.807) is 12.1 Å². The van der Waals surface area contributed by atoms with Crippen molar-refractivity contribution in [2.75, 3.05) is 13.2 Å². The number of para-hydroxylation sites is 1. The molecule has 4 N–H and O–H groups in total. The van der Waals surface area contributed by atoms with Crippen LogP contribution in [0.1, 0.15) is 25.0 Å². The molecular formula is C26H27N5O3S. The van der Waals surface area contributed by atoms with Crippen LogP contribution in [-0.2, 0) is 6.42 Å². The lowest BCUT2D eigenvalue weighted by atomic mass is 9.94. The molecule has 2 aromatic heterocycles. The molecule has 0 bridgehead atoms. The monoisotopic (exact) mass is 489 g/mol. The molecule has 8 nitrogen and oxygen atoms in total. The van der Waals surface area contributed by atoms with E-state index in [0.29, 0.717) is 34.3 Å². The molecule has 0 saturated heterocycles. The van der Waals surface area contributed by atoms with Crippen LogP contribution >= 0.6 is 12.2 Å². The number of hydrogen-bond donors (Lipinski definition) is 4. The number of aromatic amines is 2. The summed E-state index contributed by atoms with van der Waals surface area (Å²) in [5.74, 6) is 1.75. The van der Waals surface area contributed by atoms with E-state index in [-0.39, 0.29) is 12.1 Å². The molecule has 0 fully saturated rings. The summed E-state index contributed by atoms with van der Waals surface area (Å²) in [6, 6.07) is 18.8. The van der Waals surface area contributed by atoms with Gasteiger partial charge in [0.15, 0.2) is 4.77 Å². The Hall–Kier alpha value is -3.71. The predicted molar refractivity (Wildman–Crippen MR) is 136 cm³/mol. The summed E-state index contributed by atoms with van der Waals surface area (Å²) in [4.78, 5) is 10.2. The normalized spacial score (nSPS) is 12.3. The van der Waals surface area contributed by atoms with Crippen molar-refractivity contribution < 1.29 is 14.6 Å². The zero-order valence-corrected chi connectivity index (χ0v) is 20.4. The van der Waals surface area contributed by atoms with Gasteiger partial charge in [-0.3, -0.25) is 0 Å². The van der Waals surface area contributed by atoms with Gasteiger partial charge in [-0.05, 0) is 68.4 Å². The maximum absolute atomic E-state index is 10.5. The average Bonchev–Trinajstić information content (AvgIpc) is 3.24. The molecular weight excluding hydrogens is 462 g/mol. The molecule has 9 heteroatoms. The van der Waals surface area contributed by atoms with Gasteiger partial charge in [0.2, 0.25) is 5.88 Å². The van der Waals surface area contributed by atoms with Crippen molar-refractivity contribution in [3.63, 3.8) is 0 Å². The minimum atomic E-state index is -0.679. The third kappa shape index (κ3) is 6.67. The number of nitrogens with zero attached hydrogens (tertiary/aromatic N) is 2. The number of fused-ring (bicyclic) bond motifs is 1. The van der Waals surface area contributed by atoms with Gasteiger partial charge >= 0.3 is 0 Å². The van der Waals surface area contributed by atoms with Crippen molar-refractivity contribution in [3.05, 3.63) is 76.7 Å². The van der Waals surface area contributed by atoms with Crippen LogP contribution in [0.3, 0.4) is 0 Å². The van der Waals surface area contributed by atoms with Gasteiger partial charge in [0.25, 0.3) is 0 Å². The molecule has 0 radical (unpaired) electrons. The second-order valence-corrected chi connectivity index (χ2v) is 9.32. The summed E-state index contributed by atoms with van der Waals surface area (Å²) < 4.78 is 12.1. The smallest absolute Gasteiger partial charge is 0.219 e. The third-order valence-electron chi connectivity index (χ3n) is 5.42. The fraction of sp³-hybridized carbons (Fsp3) is 0.269. The van der Waals surface area contributed by atoms with Crippen molar-refractivity contribution >= 4 is 23.3 Å². The minimum Gasteiger partial charge on any atom is -0.489 e. The first-order valence-corrected chi connectivity index (χ1v) is 11.6. The summed E-state index contributed by atoms with van der Waals surface area (Å²) in [5.41, 5.74) is 3.03. The quantitative estimate of drug-likeness (QED) is 0.240. The Morgan fingerprint density at radius 1 is 1.14 bits per heavy atom. The van der Waals surface area contributed by atoms with Gasteiger partial charge in [-0.25, -0.2) is 4.98 Å². The van der Waals surface area contributed by atoms with E-state index in [2.05, 4.69) is 34.1 Å². The molecule has 2 aromatic carbocycles. The van der Waals surface area contributed by atoms with Crippen LogP contribution in [0, 0.1) is 16.1 Å². The van der Waals surface area contributed by atoms with Crippen LogP contribution in [0.15, 0.2) is 60.8 Å². The second-order valence-electron chi connectivity index (χ2n) is 8.91. The summed E-state index contributed by atoms with van der Waals surface area (Å²) >= 11 is 5.14. The van der Waals surface area contributed by atoms with E-state index in [4.69, 9.17) is 27.0 Å². The molecule has 4 aromatic rings. The van der Waals surface area contributed by atoms with E-state index in [1.165, 1.54) is 6.20 Å². The van der Waals surface area contributed by atoms with Crippen LogP contribution in [0.5, 0.6) is 17.4 Å². The van der Waals surface area contributed by atoms with E-state index in [9.17, 15) is 5.11 Å². The van der Waals surface area contributed by atoms with Crippen LogP contribution < -0.4 is 14.8 Å². The number of β-amino-alcohol motifs (C(OH)–C–C–N with tert-alkyl or cyclic N) is 1. The van der Waals surface area contributed by atoms with E-state index < -0.39 is 6.10 Å². The predicted octanol–water partition coefficient (Wildman–Crippen LogP) is 4.64. The molecule has 0 aliphatic carbocycles. The number of pyridine rings is 1. The first kappa shape index (κ1) is 24.4. The van der Waals surface area contributed by atoms with Crippen molar-refractivity contribution in [3.8, 4) is 23.4 Å². The van der Waals surface area contributed by atoms with Crippen LogP contribution in [0.4, 0.5) is 0 Å². The van der Waals surface area contributed by atoms with Crippen molar-refractivity contribution in [1.29, 1.82) is 5.26 Å². The fourth-order valence-electron chi connectivity index (χ4n) is 3.67. The van der Waals surface area contributed by atoms with Crippen LogP contribution in [0.25, 0.3) is 11.0 Å². The van der Waals surface area contributed by atoms with Gasteiger partial charge in [0, 0.05) is 24.3 Å². The number of H-pyrrole nitrogens is 2. The Morgan fingerprint density at radius 2 is 1.94 bits per heavy atom. The summed E-state index contributed by atoms with van der Waals surface area (Å²) in [6.07, 6.45) is 1.56. The van der Waals surface area contributed by atoms with Gasteiger partial charge in [-0.1, -0.05) is 18.2 Å². The minimum absolute atomic E-state index is 0.156. The Bertz CT molecular complexity index is 1370. The third-order valence-corrected chi connectivity index (χ3v) is 5.62. The number of ether oxygens (including phenoxy) is 2. The molecule has 4 rings (SSSR count). The molecule has 0 aliphatic rings. The number of aliphatic hydroxyl groups excluding tert-OH is 1. The molecule has 1 atom stereocenters. The summed E-state index contributed by atoms with van der Waals surface area (Å²) in [6.45, 7) is 4.72. The molecule has 0 aliphatic heterocycles. The molecule has 2 heterocycles. The van der Waals surface area contributed by atoms with E-state index >= 15 is 0 Å². The first-order chi connectivity index (χ1) is 16.8. The number of imidazole rings is 1. The molecule has 35 heavy (non-hydrogen) atoms. The molecule has 180 valence electrons. The first-order valence-electron chi connectivity index (χ1n) is 11.2. The highest BCUT2D eigenvalue weighted by Gasteiger charge is 2.20. The number of benzene rings is 2. The lowest BCUT2D eigenvalue weighted by Gasteiger charge is -2.28. The summed E-state index contributed by atoms with van der Waals surface area (Å²) in [5, 5.41) is 22.7.